The predicted octanol–water partition coefficient (Wildman–Crippen LogP) is 3.23. The lowest BCUT2D eigenvalue weighted by atomic mass is 10.2. The minimum absolute atomic E-state index is 0.0435. The molecule has 0 amide bonds. The van der Waals surface area contributed by atoms with E-state index in [0.717, 1.165) is 0 Å². The molecule has 1 nitrogen and oxygen atoms in total. The third-order valence-electron chi connectivity index (χ3n) is 1.50. The molecule has 1 aromatic rings. The van der Waals surface area contributed by atoms with Gasteiger partial charge in [0.2, 0.25) is 0 Å². The van der Waals surface area contributed by atoms with Crippen molar-refractivity contribution in [2.45, 2.75) is 5.88 Å². The van der Waals surface area contributed by atoms with Crippen LogP contribution in [0.15, 0.2) is 12.1 Å². The van der Waals surface area contributed by atoms with Gasteiger partial charge in [0.1, 0.15) is 11.6 Å². The van der Waals surface area contributed by atoms with Crippen LogP contribution in [-0.2, 0) is 5.88 Å². The number of rotatable bonds is 2. The van der Waals surface area contributed by atoms with Gasteiger partial charge in [0.15, 0.2) is 0 Å². The van der Waals surface area contributed by atoms with E-state index in [4.69, 9.17) is 27.9 Å². The van der Waals surface area contributed by atoms with Gasteiger partial charge in [-0.3, -0.25) is 0 Å². The summed E-state index contributed by atoms with van der Waals surface area (Å²) in [6.07, 6.45) is 0. The molecule has 0 heterocycles. The zero-order chi connectivity index (χ0) is 9.14. The predicted molar refractivity (Wildman–Crippen MR) is 47.5 cm³/mol. The number of benzene rings is 1. The fourth-order valence-corrected chi connectivity index (χ4v) is 1.48. The highest BCUT2D eigenvalue weighted by Crippen LogP contribution is 2.30. The van der Waals surface area contributed by atoms with E-state index < -0.39 is 5.82 Å². The van der Waals surface area contributed by atoms with Gasteiger partial charge in [-0.05, 0) is 12.1 Å². The smallest absolute Gasteiger partial charge is 0.137 e. The lowest BCUT2D eigenvalue weighted by molar-refractivity contribution is 0.413. The van der Waals surface area contributed by atoms with Gasteiger partial charge in [0, 0.05) is 5.56 Å². The van der Waals surface area contributed by atoms with E-state index >= 15 is 0 Å². The largest absolute Gasteiger partial charge is 0.495 e. The first kappa shape index (κ1) is 9.62. The van der Waals surface area contributed by atoms with E-state index in [9.17, 15) is 4.39 Å². The van der Waals surface area contributed by atoms with Crippen molar-refractivity contribution in [3.05, 3.63) is 28.5 Å². The van der Waals surface area contributed by atoms with Crippen molar-refractivity contribution >= 4 is 23.2 Å². The van der Waals surface area contributed by atoms with Crippen LogP contribution in [0, 0.1) is 5.82 Å². The van der Waals surface area contributed by atoms with Gasteiger partial charge in [-0.15, -0.1) is 11.6 Å². The quantitative estimate of drug-likeness (QED) is 0.679. The van der Waals surface area contributed by atoms with Crippen molar-refractivity contribution in [1.82, 2.24) is 0 Å². The fourth-order valence-electron chi connectivity index (χ4n) is 0.856. The summed E-state index contributed by atoms with van der Waals surface area (Å²) < 4.78 is 17.8. The molecule has 0 fully saturated rings. The molecule has 12 heavy (non-hydrogen) atoms. The summed E-state index contributed by atoms with van der Waals surface area (Å²) >= 11 is 11.3. The summed E-state index contributed by atoms with van der Waals surface area (Å²) in [5.74, 6) is 0.0755. The average molecular weight is 209 g/mol. The van der Waals surface area contributed by atoms with Gasteiger partial charge in [-0.2, -0.15) is 0 Å². The van der Waals surface area contributed by atoms with Gasteiger partial charge >= 0.3 is 0 Å². The molecule has 0 bridgehead atoms. The summed E-state index contributed by atoms with van der Waals surface area (Å²) in [4.78, 5) is 0. The molecule has 0 aliphatic heterocycles. The zero-order valence-corrected chi connectivity index (χ0v) is 7.92. The van der Waals surface area contributed by atoms with Crippen LogP contribution in [0.2, 0.25) is 5.02 Å². The number of halogens is 3. The highest BCUT2D eigenvalue weighted by molar-refractivity contribution is 6.33. The Labute approximate surface area is 80.0 Å². The molecule has 0 aromatic heterocycles. The number of methoxy groups -OCH3 is 1. The van der Waals surface area contributed by atoms with Crippen LogP contribution in [0.4, 0.5) is 4.39 Å². The van der Waals surface area contributed by atoms with Crippen molar-refractivity contribution in [2.75, 3.05) is 7.11 Å². The van der Waals surface area contributed by atoms with E-state index in [0.29, 0.717) is 5.75 Å². The first-order valence-corrected chi connectivity index (χ1v) is 4.18. The Morgan fingerprint density at radius 2 is 2.17 bits per heavy atom. The van der Waals surface area contributed by atoms with Crippen LogP contribution in [0.25, 0.3) is 0 Å². The summed E-state index contributed by atoms with van der Waals surface area (Å²) in [5.41, 5.74) is 0.276. The highest BCUT2D eigenvalue weighted by atomic mass is 35.5. The van der Waals surface area contributed by atoms with Crippen LogP contribution in [0.5, 0.6) is 5.75 Å². The minimum Gasteiger partial charge on any atom is -0.495 e. The average Bonchev–Trinajstić information content (AvgIpc) is 2.06. The third-order valence-corrected chi connectivity index (χ3v) is 2.19. The second-order valence-corrected chi connectivity index (χ2v) is 2.82. The molecule has 0 atom stereocenters. The maximum atomic E-state index is 12.9. The van der Waals surface area contributed by atoms with Crippen LogP contribution in [0.3, 0.4) is 0 Å². The molecule has 0 aliphatic rings. The third kappa shape index (κ3) is 1.65. The van der Waals surface area contributed by atoms with Crippen LogP contribution in [0.1, 0.15) is 5.56 Å². The first-order chi connectivity index (χ1) is 5.70. The molecule has 0 saturated heterocycles. The monoisotopic (exact) mass is 208 g/mol. The van der Waals surface area contributed by atoms with Crippen molar-refractivity contribution in [3.8, 4) is 5.75 Å². The Morgan fingerprint density at radius 3 is 2.67 bits per heavy atom. The van der Waals surface area contributed by atoms with Gasteiger partial charge in [0.25, 0.3) is 0 Å². The molecule has 4 heteroatoms. The standard InChI is InChI=1S/C8H7Cl2FO/c1-12-7-3-2-6(11)5(4-9)8(7)10/h2-3H,4H2,1H3. The summed E-state index contributed by atoms with van der Waals surface area (Å²) in [7, 11) is 1.47. The van der Waals surface area contributed by atoms with Crippen molar-refractivity contribution in [2.24, 2.45) is 0 Å². The molecule has 0 unspecified atom stereocenters. The van der Waals surface area contributed by atoms with Gasteiger partial charge < -0.3 is 4.74 Å². The minimum atomic E-state index is -0.407. The van der Waals surface area contributed by atoms with Crippen LogP contribution >= 0.6 is 23.2 Å². The number of alkyl halides is 1. The topological polar surface area (TPSA) is 9.23 Å². The molecule has 1 aromatic carbocycles. The van der Waals surface area contributed by atoms with Crippen molar-refractivity contribution < 1.29 is 9.13 Å². The summed E-state index contributed by atoms with van der Waals surface area (Å²) in [5, 5.41) is 0.243. The Kier molecular flexibility index (Phi) is 3.18. The molecular weight excluding hydrogens is 202 g/mol. The molecule has 0 radical (unpaired) electrons. The van der Waals surface area contributed by atoms with E-state index in [1.165, 1.54) is 19.2 Å². The maximum absolute atomic E-state index is 12.9. The molecule has 66 valence electrons. The van der Waals surface area contributed by atoms with Gasteiger partial charge in [-0.25, -0.2) is 4.39 Å². The normalized spacial score (nSPS) is 10.0. The zero-order valence-electron chi connectivity index (χ0n) is 6.40. The van der Waals surface area contributed by atoms with Crippen LogP contribution in [-0.4, -0.2) is 7.11 Å². The van der Waals surface area contributed by atoms with E-state index in [-0.39, 0.29) is 16.5 Å². The molecule has 1 rings (SSSR count). The van der Waals surface area contributed by atoms with Gasteiger partial charge in [-0.1, -0.05) is 11.6 Å². The maximum Gasteiger partial charge on any atom is 0.137 e. The fraction of sp³-hybridized carbons (Fsp3) is 0.250. The number of hydrogen-bond donors (Lipinski definition) is 0. The summed E-state index contributed by atoms with van der Waals surface area (Å²) in [6, 6.07) is 2.75. The Morgan fingerprint density at radius 1 is 1.50 bits per heavy atom. The van der Waals surface area contributed by atoms with E-state index in [1.807, 2.05) is 0 Å². The molecule has 0 N–H and O–H groups in total. The number of ether oxygens (including phenoxy) is 1. The Balaban J connectivity index is 3.24. The van der Waals surface area contributed by atoms with Gasteiger partial charge in [0.05, 0.1) is 18.0 Å². The highest BCUT2D eigenvalue weighted by Gasteiger charge is 2.10. The lowest BCUT2D eigenvalue weighted by Gasteiger charge is -2.06. The van der Waals surface area contributed by atoms with E-state index in [2.05, 4.69) is 0 Å². The SMILES string of the molecule is COc1ccc(F)c(CCl)c1Cl. The Hall–Kier alpha value is -0.470. The molecule has 0 aliphatic carbocycles. The molecular formula is C8H7Cl2FO. The van der Waals surface area contributed by atoms with Crippen molar-refractivity contribution in [3.63, 3.8) is 0 Å². The van der Waals surface area contributed by atoms with Crippen molar-refractivity contribution in [1.29, 1.82) is 0 Å². The molecule has 0 saturated carbocycles. The molecule has 0 spiro atoms. The lowest BCUT2D eigenvalue weighted by Crippen LogP contribution is -1.91. The second-order valence-electron chi connectivity index (χ2n) is 2.18. The van der Waals surface area contributed by atoms with E-state index in [1.54, 1.807) is 0 Å². The van der Waals surface area contributed by atoms with Crippen LogP contribution < -0.4 is 4.74 Å². The first-order valence-electron chi connectivity index (χ1n) is 3.27. The number of hydrogen-bond acceptors (Lipinski definition) is 1. The Bertz CT molecular complexity index is 289. The second kappa shape index (κ2) is 3.97. The summed E-state index contributed by atoms with van der Waals surface area (Å²) in [6.45, 7) is 0.